The maximum Gasteiger partial charge on any atom is 0.329 e. The van der Waals surface area contributed by atoms with E-state index in [1.807, 2.05) is 6.92 Å². The molecule has 0 saturated heterocycles. The smallest absolute Gasteiger partial charge is 0.329 e. The Balaban J connectivity index is 3.18. The highest BCUT2D eigenvalue weighted by Gasteiger charge is 2.03. The molecule has 0 bridgehead atoms. The predicted molar refractivity (Wildman–Crippen MR) is 89.8 cm³/mol. The number of carboxylic acids is 1. The van der Waals surface area contributed by atoms with Crippen LogP contribution >= 0.6 is 0 Å². The zero-order valence-electron chi connectivity index (χ0n) is 15.2. The van der Waals surface area contributed by atoms with Crippen LogP contribution in [0.25, 0.3) is 0 Å². The number of carbonyl (C=O) groups excluding carboxylic acids is 2. The van der Waals surface area contributed by atoms with Gasteiger partial charge in [-0.3, -0.25) is 9.59 Å². The highest BCUT2D eigenvalue weighted by molar-refractivity contribution is 5.77. The van der Waals surface area contributed by atoms with Crippen LogP contribution < -0.4 is 5.32 Å². The van der Waals surface area contributed by atoms with Gasteiger partial charge in [0.1, 0.15) is 19.8 Å². The van der Waals surface area contributed by atoms with Gasteiger partial charge in [-0.05, 0) is 6.42 Å². The van der Waals surface area contributed by atoms with E-state index < -0.39 is 18.5 Å². The number of aliphatic carboxylic acids is 1. The molecule has 0 heterocycles. The molecule has 10 heteroatoms. The second-order valence-corrected chi connectivity index (χ2v) is 5.04. The van der Waals surface area contributed by atoms with Crippen molar-refractivity contribution in [3.05, 3.63) is 0 Å². The third-order valence-corrected chi connectivity index (χ3v) is 2.72. The summed E-state index contributed by atoms with van der Waals surface area (Å²) in [5.74, 6) is -1.74. The molecule has 0 aliphatic carbocycles. The van der Waals surface area contributed by atoms with E-state index in [4.69, 9.17) is 24.1 Å². The lowest BCUT2D eigenvalue weighted by Gasteiger charge is -2.08. The van der Waals surface area contributed by atoms with E-state index in [0.29, 0.717) is 52.6 Å². The fourth-order valence-corrected chi connectivity index (χ4v) is 1.58. The summed E-state index contributed by atoms with van der Waals surface area (Å²) < 4.78 is 25.3. The van der Waals surface area contributed by atoms with Crippen LogP contribution in [0.1, 0.15) is 19.8 Å². The molecular weight excluding hydrogens is 350 g/mol. The van der Waals surface area contributed by atoms with Gasteiger partial charge >= 0.3 is 11.9 Å². The molecule has 0 unspecified atom stereocenters. The number of nitrogens with one attached hydrogen (secondary N) is 1. The lowest BCUT2D eigenvalue weighted by molar-refractivity contribution is -0.145. The molecule has 0 aromatic rings. The molecule has 26 heavy (non-hydrogen) atoms. The van der Waals surface area contributed by atoms with E-state index in [1.165, 1.54) is 0 Å². The lowest BCUT2D eigenvalue weighted by atomic mass is 10.3. The monoisotopic (exact) mass is 379 g/mol. The van der Waals surface area contributed by atoms with Gasteiger partial charge in [0, 0.05) is 13.0 Å². The Morgan fingerprint density at radius 3 is 1.96 bits per heavy atom. The van der Waals surface area contributed by atoms with Crippen molar-refractivity contribution in [2.45, 2.75) is 19.8 Å². The average Bonchev–Trinajstić information content (AvgIpc) is 2.59. The first-order valence-electron chi connectivity index (χ1n) is 8.51. The van der Waals surface area contributed by atoms with Gasteiger partial charge in [0.25, 0.3) is 0 Å². The zero-order valence-corrected chi connectivity index (χ0v) is 15.2. The molecule has 0 aromatic carbocycles. The number of amides is 1. The van der Waals surface area contributed by atoms with Crippen molar-refractivity contribution < 1.29 is 43.2 Å². The number of hydrogen-bond donors (Lipinski definition) is 2. The normalized spacial score (nSPS) is 10.5. The SMILES string of the molecule is CCCC(=O)OCCOCCOCCOCCNC(=O)COCC(=O)O. The molecule has 0 aliphatic heterocycles. The van der Waals surface area contributed by atoms with Gasteiger partial charge < -0.3 is 34.1 Å². The number of esters is 1. The van der Waals surface area contributed by atoms with E-state index >= 15 is 0 Å². The van der Waals surface area contributed by atoms with E-state index in [0.717, 1.165) is 6.42 Å². The fraction of sp³-hybridized carbons (Fsp3) is 0.812. The molecule has 0 aliphatic rings. The minimum atomic E-state index is -1.12. The Morgan fingerprint density at radius 2 is 1.38 bits per heavy atom. The van der Waals surface area contributed by atoms with Crippen molar-refractivity contribution in [3.63, 3.8) is 0 Å². The van der Waals surface area contributed by atoms with Crippen molar-refractivity contribution in [3.8, 4) is 0 Å². The predicted octanol–water partition coefficient (Wildman–Crippen LogP) is -0.403. The van der Waals surface area contributed by atoms with Crippen molar-refractivity contribution in [2.75, 3.05) is 66.0 Å². The van der Waals surface area contributed by atoms with Gasteiger partial charge in [-0.15, -0.1) is 0 Å². The molecule has 1 amide bonds. The number of carbonyl (C=O) groups is 3. The van der Waals surface area contributed by atoms with Crippen LogP contribution in [0.5, 0.6) is 0 Å². The molecule has 0 radical (unpaired) electrons. The minimum absolute atomic E-state index is 0.214. The lowest BCUT2D eigenvalue weighted by Crippen LogP contribution is -2.31. The second-order valence-electron chi connectivity index (χ2n) is 5.04. The van der Waals surface area contributed by atoms with Crippen molar-refractivity contribution in [1.29, 1.82) is 0 Å². The average molecular weight is 379 g/mol. The summed E-state index contributed by atoms with van der Waals surface area (Å²) in [4.78, 5) is 32.5. The molecule has 10 nitrogen and oxygen atoms in total. The van der Waals surface area contributed by atoms with Gasteiger partial charge in [-0.2, -0.15) is 0 Å². The first-order valence-corrected chi connectivity index (χ1v) is 8.51. The summed E-state index contributed by atoms with van der Waals surface area (Å²) in [6.45, 7) is 3.88. The van der Waals surface area contributed by atoms with E-state index in [9.17, 15) is 14.4 Å². The standard InChI is InChI=1S/C16H29NO9/c1-2-3-16(21)26-11-10-24-9-8-23-7-6-22-5-4-17-14(18)12-25-13-15(19)20/h2-13H2,1H3,(H,17,18)(H,19,20). The summed E-state index contributed by atoms with van der Waals surface area (Å²) in [6, 6.07) is 0. The fourth-order valence-electron chi connectivity index (χ4n) is 1.58. The molecule has 0 atom stereocenters. The molecule has 0 rings (SSSR count). The summed E-state index contributed by atoms with van der Waals surface area (Å²) >= 11 is 0. The van der Waals surface area contributed by atoms with Gasteiger partial charge in [0.15, 0.2) is 0 Å². The summed E-state index contributed by atoms with van der Waals surface area (Å²) in [5.41, 5.74) is 0. The number of hydrogen-bond acceptors (Lipinski definition) is 8. The molecule has 0 spiro atoms. The van der Waals surface area contributed by atoms with Gasteiger partial charge in [-0.25, -0.2) is 4.79 Å². The van der Waals surface area contributed by atoms with Gasteiger partial charge in [0.05, 0.1) is 39.6 Å². The van der Waals surface area contributed by atoms with Crippen LogP contribution in [0.4, 0.5) is 0 Å². The Kier molecular flexibility index (Phi) is 16.8. The van der Waals surface area contributed by atoms with Crippen LogP contribution in [-0.2, 0) is 38.1 Å². The van der Waals surface area contributed by atoms with E-state index in [-0.39, 0.29) is 19.2 Å². The maximum atomic E-state index is 11.2. The van der Waals surface area contributed by atoms with Crippen LogP contribution in [0.3, 0.4) is 0 Å². The first kappa shape index (κ1) is 24.2. The molecule has 0 aromatic heterocycles. The van der Waals surface area contributed by atoms with Gasteiger partial charge in [-0.1, -0.05) is 6.92 Å². The van der Waals surface area contributed by atoms with Crippen LogP contribution in [0.2, 0.25) is 0 Å². The maximum absolute atomic E-state index is 11.2. The zero-order chi connectivity index (χ0) is 19.5. The Morgan fingerprint density at radius 1 is 0.808 bits per heavy atom. The van der Waals surface area contributed by atoms with Crippen LogP contribution in [0, 0.1) is 0 Å². The number of ether oxygens (including phenoxy) is 5. The first-order chi connectivity index (χ1) is 12.6. The third-order valence-electron chi connectivity index (χ3n) is 2.72. The van der Waals surface area contributed by atoms with Crippen LogP contribution in [-0.4, -0.2) is 89.0 Å². The minimum Gasteiger partial charge on any atom is -0.480 e. The largest absolute Gasteiger partial charge is 0.480 e. The highest BCUT2D eigenvalue weighted by Crippen LogP contribution is 1.91. The second kappa shape index (κ2) is 18.1. The van der Waals surface area contributed by atoms with Crippen LogP contribution in [0.15, 0.2) is 0 Å². The van der Waals surface area contributed by atoms with Gasteiger partial charge in [0.2, 0.25) is 5.91 Å². The summed E-state index contributed by atoms with van der Waals surface area (Å²) in [5, 5.41) is 10.9. The molecule has 152 valence electrons. The Bertz CT molecular complexity index is 390. The number of rotatable bonds is 18. The molecule has 2 N–H and O–H groups in total. The Hall–Kier alpha value is -1.75. The highest BCUT2D eigenvalue weighted by atomic mass is 16.6. The molecular formula is C16H29NO9. The third kappa shape index (κ3) is 18.6. The molecule has 0 saturated carbocycles. The van der Waals surface area contributed by atoms with Crippen molar-refractivity contribution >= 4 is 17.8 Å². The topological polar surface area (TPSA) is 130 Å². The van der Waals surface area contributed by atoms with E-state index in [2.05, 4.69) is 10.1 Å². The molecule has 0 fully saturated rings. The summed E-state index contributed by atoms with van der Waals surface area (Å²) in [6.07, 6.45) is 1.19. The summed E-state index contributed by atoms with van der Waals surface area (Å²) in [7, 11) is 0. The quantitative estimate of drug-likeness (QED) is 0.241. The number of carboxylic acid groups (broad SMARTS) is 1. The van der Waals surface area contributed by atoms with Crippen molar-refractivity contribution in [1.82, 2.24) is 5.32 Å². The van der Waals surface area contributed by atoms with E-state index in [1.54, 1.807) is 0 Å². The van der Waals surface area contributed by atoms with Crippen molar-refractivity contribution in [2.24, 2.45) is 0 Å². The Labute approximate surface area is 153 Å².